The van der Waals surface area contributed by atoms with Gasteiger partial charge >= 0.3 is 0 Å². The Bertz CT molecular complexity index is 1120. The molecule has 0 unspecified atom stereocenters. The van der Waals surface area contributed by atoms with Gasteiger partial charge in [0.05, 0.1) is 32.6 Å². The normalized spacial score (nSPS) is 13.2. The van der Waals surface area contributed by atoms with Crippen molar-refractivity contribution in [3.63, 3.8) is 0 Å². The second-order valence-electron chi connectivity index (χ2n) is 7.73. The van der Waals surface area contributed by atoms with Crippen LogP contribution >= 0.6 is 0 Å². The average Bonchev–Trinajstić information content (AvgIpc) is 3.40. The third-order valence-corrected chi connectivity index (χ3v) is 5.30. The summed E-state index contributed by atoms with van der Waals surface area (Å²) in [5.74, 6) is 0.128. The summed E-state index contributed by atoms with van der Waals surface area (Å²) >= 11 is 0. The monoisotopic (exact) mass is 462 g/mol. The molecule has 0 spiro atoms. The Labute approximate surface area is 197 Å². The number of hydrogen-bond acceptors (Lipinski definition) is 6. The summed E-state index contributed by atoms with van der Waals surface area (Å²) in [4.78, 5) is 39.0. The smallest absolute Gasteiger partial charge is 0.254 e. The molecule has 2 heterocycles. The van der Waals surface area contributed by atoms with Crippen LogP contribution in [0.25, 0.3) is 0 Å². The zero-order valence-corrected chi connectivity index (χ0v) is 18.6. The Morgan fingerprint density at radius 3 is 2.41 bits per heavy atom. The van der Waals surface area contributed by atoms with E-state index in [0.29, 0.717) is 61.1 Å². The Hall–Kier alpha value is -4.11. The third kappa shape index (κ3) is 6.23. The average molecular weight is 463 g/mol. The fraction of sp³-hybridized carbons (Fsp3) is 0.240. The summed E-state index contributed by atoms with van der Waals surface area (Å²) in [5, 5.41) is 8.61. The minimum atomic E-state index is -0.253. The Morgan fingerprint density at radius 2 is 1.68 bits per heavy atom. The van der Waals surface area contributed by atoms with E-state index in [-0.39, 0.29) is 24.3 Å². The van der Waals surface area contributed by atoms with Gasteiger partial charge in [-0.15, -0.1) is 0 Å². The number of carbonyl (C=O) groups is 3. The number of morpholine rings is 1. The van der Waals surface area contributed by atoms with E-state index in [0.717, 1.165) is 0 Å². The highest BCUT2D eigenvalue weighted by Crippen LogP contribution is 2.14. The van der Waals surface area contributed by atoms with E-state index in [1.807, 2.05) is 0 Å². The van der Waals surface area contributed by atoms with Crippen molar-refractivity contribution in [3.8, 4) is 0 Å². The molecule has 0 atom stereocenters. The van der Waals surface area contributed by atoms with Crippen molar-refractivity contribution in [1.29, 1.82) is 0 Å². The number of amides is 3. The van der Waals surface area contributed by atoms with Crippen LogP contribution in [0.2, 0.25) is 0 Å². The van der Waals surface area contributed by atoms with E-state index >= 15 is 0 Å². The first-order valence-corrected chi connectivity index (χ1v) is 11.0. The van der Waals surface area contributed by atoms with Crippen molar-refractivity contribution in [2.45, 2.75) is 6.54 Å². The van der Waals surface area contributed by atoms with E-state index in [4.69, 9.17) is 9.15 Å². The van der Waals surface area contributed by atoms with Gasteiger partial charge in [-0.05, 0) is 54.6 Å². The van der Waals surface area contributed by atoms with E-state index < -0.39 is 0 Å². The number of anilines is 2. The maximum atomic E-state index is 12.6. The minimum absolute atomic E-state index is 0.0334. The number of furan rings is 1. The zero-order chi connectivity index (χ0) is 23.8. The molecule has 1 fully saturated rings. The maximum Gasteiger partial charge on any atom is 0.254 e. The number of nitrogens with one attached hydrogen (secondary N) is 3. The first-order chi connectivity index (χ1) is 16.6. The largest absolute Gasteiger partial charge is 0.467 e. The summed E-state index contributed by atoms with van der Waals surface area (Å²) < 4.78 is 10.5. The second-order valence-corrected chi connectivity index (χ2v) is 7.73. The molecule has 1 aromatic heterocycles. The van der Waals surface area contributed by atoms with Gasteiger partial charge in [-0.1, -0.05) is 6.07 Å². The van der Waals surface area contributed by atoms with Crippen molar-refractivity contribution in [2.75, 3.05) is 43.5 Å². The van der Waals surface area contributed by atoms with E-state index in [9.17, 15) is 14.4 Å². The van der Waals surface area contributed by atoms with E-state index in [1.165, 1.54) is 0 Å². The van der Waals surface area contributed by atoms with Crippen LogP contribution in [-0.4, -0.2) is 55.5 Å². The molecule has 34 heavy (non-hydrogen) atoms. The molecule has 1 aliphatic rings. The summed E-state index contributed by atoms with van der Waals surface area (Å²) in [5.41, 5.74) is 2.28. The molecule has 0 bridgehead atoms. The highest BCUT2D eigenvalue weighted by molar-refractivity contribution is 5.98. The van der Waals surface area contributed by atoms with Gasteiger partial charge in [-0.2, -0.15) is 0 Å². The maximum absolute atomic E-state index is 12.6. The molecule has 0 radical (unpaired) electrons. The highest BCUT2D eigenvalue weighted by atomic mass is 16.5. The summed E-state index contributed by atoms with van der Waals surface area (Å²) in [7, 11) is 0. The lowest BCUT2D eigenvalue weighted by Crippen LogP contribution is -2.40. The predicted octanol–water partition coefficient (Wildman–Crippen LogP) is 2.73. The van der Waals surface area contributed by atoms with Crippen molar-refractivity contribution in [3.05, 3.63) is 83.8 Å². The van der Waals surface area contributed by atoms with Crippen LogP contribution in [0.5, 0.6) is 0 Å². The number of carbonyl (C=O) groups excluding carboxylic acids is 3. The number of benzene rings is 2. The molecular weight excluding hydrogens is 436 g/mol. The molecule has 9 heteroatoms. The van der Waals surface area contributed by atoms with Crippen molar-refractivity contribution in [1.82, 2.24) is 10.2 Å². The van der Waals surface area contributed by atoms with Crippen LogP contribution < -0.4 is 16.0 Å². The van der Waals surface area contributed by atoms with Gasteiger partial charge in [0, 0.05) is 35.6 Å². The van der Waals surface area contributed by atoms with Crippen molar-refractivity contribution < 1.29 is 23.5 Å². The molecule has 0 saturated carbocycles. The predicted molar refractivity (Wildman–Crippen MR) is 127 cm³/mol. The van der Waals surface area contributed by atoms with Gasteiger partial charge in [0.2, 0.25) is 5.91 Å². The standard InChI is InChI=1S/C25H26N4O5/c30-23(28-21-4-1-3-19(15-21)25(32)29-10-13-33-14-11-29)17-26-20-8-6-18(7-9-20)24(31)27-16-22-5-2-12-34-22/h1-9,12,15,26H,10-11,13-14,16-17H2,(H,27,31)(H,28,30). The summed E-state index contributed by atoms with van der Waals surface area (Å²) in [6.45, 7) is 2.53. The van der Waals surface area contributed by atoms with Gasteiger partial charge in [0.1, 0.15) is 5.76 Å². The number of ether oxygens (including phenoxy) is 1. The molecule has 3 aromatic rings. The second kappa shape index (κ2) is 11.2. The Morgan fingerprint density at radius 1 is 0.882 bits per heavy atom. The molecule has 2 aromatic carbocycles. The summed E-state index contributed by atoms with van der Waals surface area (Å²) in [6, 6.07) is 17.3. The molecule has 3 N–H and O–H groups in total. The zero-order valence-electron chi connectivity index (χ0n) is 18.6. The van der Waals surface area contributed by atoms with Crippen LogP contribution in [0.1, 0.15) is 26.5 Å². The number of nitrogens with zero attached hydrogens (tertiary/aromatic N) is 1. The lowest BCUT2D eigenvalue weighted by molar-refractivity contribution is -0.114. The highest BCUT2D eigenvalue weighted by Gasteiger charge is 2.18. The lowest BCUT2D eigenvalue weighted by atomic mass is 10.1. The fourth-order valence-electron chi connectivity index (χ4n) is 3.49. The van der Waals surface area contributed by atoms with Crippen molar-refractivity contribution >= 4 is 29.1 Å². The fourth-order valence-corrected chi connectivity index (χ4v) is 3.49. The van der Waals surface area contributed by atoms with Crippen LogP contribution in [0.15, 0.2) is 71.3 Å². The number of hydrogen-bond donors (Lipinski definition) is 3. The minimum Gasteiger partial charge on any atom is -0.467 e. The lowest BCUT2D eigenvalue weighted by Gasteiger charge is -2.27. The topological polar surface area (TPSA) is 113 Å². The van der Waals surface area contributed by atoms with Crippen LogP contribution in [0, 0.1) is 0 Å². The first-order valence-electron chi connectivity index (χ1n) is 11.0. The van der Waals surface area contributed by atoms with Gasteiger partial charge < -0.3 is 30.0 Å². The molecular formula is C25H26N4O5. The van der Waals surface area contributed by atoms with E-state index in [1.54, 1.807) is 71.8 Å². The first kappa shape index (κ1) is 23.1. The van der Waals surface area contributed by atoms with Crippen LogP contribution in [0.4, 0.5) is 11.4 Å². The van der Waals surface area contributed by atoms with Crippen molar-refractivity contribution in [2.24, 2.45) is 0 Å². The summed E-state index contributed by atoms with van der Waals surface area (Å²) in [6.07, 6.45) is 1.56. The number of rotatable bonds is 8. The SMILES string of the molecule is O=C(CNc1ccc(C(=O)NCc2ccco2)cc1)Nc1cccc(C(=O)N2CCOCC2)c1. The molecule has 4 rings (SSSR count). The van der Waals surface area contributed by atoms with Gasteiger partial charge in [-0.3, -0.25) is 14.4 Å². The van der Waals surface area contributed by atoms with Gasteiger partial charge in [-0.25, -0.2) is 0 Å². The molecule has 3 amide bonds. The van der Waals surface area contributed by atoms with Gasteiger partial charge in [0.15, 0.2) is 0 Å². The molecule has 9 nitrogen and oxygen atoms in total. The van der Waals surface area contributed by atoms with Gasteiger partial charge in [0.25, 0.3) is 11.8 Å². The van der Waals surface area contributed by atoms with Crippen LogP contribution in [0.3, 0.4) is 0 Å². The Kier molecular flexibility index (Phi) is 7.56. The molecule has 1 aliphatic heterocycles. The molecule has 0 aliphatic carbocycles. The quantitative estimate of drug-likeness (QED) is 0.475. The third-order valence-electron chi connectivity index (χ3n) is 5.30. The molecule has 1 saturated heterocycles. The van der Waals surface area contributed by atoms with E-state index in [2.05, 4.69) is 16.0 Å². The molecule has 176 valence electrons. The Balaban J connectivity index is 1.25. The van der Waals surface area contributed by atoms with Crippen LogP contribution in [-0.2, 0) is 16.1 Å².